The third kappa shape index (κ3) is 3.49. The maximum atomic E-state index is 13.4. The maximum absolute atomic E-state index is 13.4. The van der Waals surface area contributed by atoms with Gasteiger partial charge in [-0.05, 0) is 48.0 Å². The molecule has 1 heterocycles. The molecular weight excluding hydrogens is 420 g/mol. The molecule has 9 heteroatoms. The van der Waals surface area contributed by atoms with Crippen LogP contribution in [0.1, 0.15) is 5.56 Å². The Morgan fingerprint density at radius 2 is 1.55 bits per heavy atom. The van der Waals surface area contributed by atoms with Crippen LogP contribution >= 0.6 is 0 Å². The Kier molecular flexibility index (Phi) is 5.12. The second-order valence-electron chi connectivity index (χ2n) is 6.75. The lowest BCUT2D eigenvalue weighted by Crippen LogP contribution is -2.29. The molecule has 1 N–H and O–H groups in total. The summed E-state index contributed by atoms with van der Waals surface area (Å²) in [6.45, 7) is 0. The lowest BCUT2D eigenvalue weighted by molar-refractivity contribution is -0.136. The fourth-order valence-corrected chi connectivity index (χ4v) is 4.87. The lowest BCUT2D eigenvalue weighted by atomic mass is 10.1. The second kappa shape index (κ2) is 7.77. The number of aliphatic carboxylic acids is 1. The molecule has 1 aromatic heterocycles. The van der Waals surface area contributed by atoms with E-state index in [1.807, 2.05) is 0 Å². The van der Waals surface area contributed by atoms with Gasteiger partial charge in [-0.1, -0.05) is 30.3 Å². The van der Waals surface area contributed by atoms with Crippen LogP contribution in [0.4, 0.5) is 0 Å². The summed E-state index contributed by atoms with van der Waals surface area (Å²) in [7, 11) is -2.76. The van der Waals surface area contributed by atoms with Crippen LogP contribution in [0.3, 0.4) is 0 Å². The first kappa shape index (κ1) is 20.4. The van der Waals surface area contributed by atoms with Crippen LogP contribution < -0.4 is 10.4 Å². The first-order valence-electron chi connectivity index (χ1n) is 9.27. The summed E-state index contributed by atoms with van der Waals surface area (Å²) in [5.41, 5.74) is 0.433. The van der Waals surface area contributed by atoms with Crippen molar-refractivity contribution in [2.24, 2.45) is 0 Å². The minimum atomic E-state index is -4.23. The minimum Gasteiger partial charge on any atom is -0.497 e. The highest BCUT2D eigenvalue weighted by molar-refractivity contribution is 7.90. The van der Waals surface area contributed by atoms with Gasteiger partial charge in [0.05, 0.1) is 35.1 Å². The van der Waals surface area contributed by atoms with Gasteiger partial charge in [-0.2, -0.15) is 3.97 Å². The van der Waals surface area contributed by atoms with Gasteiger partial charge in [-0.3, -0.25) is 9.36 Å². The van der Waals surface area contributed by atoms with Crippen molar-refractivity contribution in [3.8, 4) is 11.4 Å². The molecule has 0 radical (unpaired) electrons. The SMILES string of the molecule is COc1ccc(S(=O)(=O)n2c(=O)n(-c3ccccc3CC(=O)O)c3ccccc32)cc1. The first-order valence-corrected chi connectivity index (χ1v) is 10.7. The van der Waals surface area contributed by atoms with Gasteiger partial charge >= 0.3 is 11.7 Å². The predicted octanol–water partition coefficient (Wildman–Crippen LogP) is 2.66. The molecule has 0 aliphatic heterocycles. The van der Waals surface area contributed by atoms with Gasteiger partial charge in [-0.25, -0.2) is 13.2 Å². The van der Waals surface area contributed by atoms with E-state index in [0.717, 1.165) is 3.97 Å². The normalized spacial score (nSPS) is 11.5. The van der Waals surface area contributed by atoms with Crippen molar-refractivity contribution in [3.05, 3.63) is 88.8 Å². The molecule has 8 nitrogen and oxygen atoms in total. The van der Waals surface area contributed by atoms with Gasteiger partial charge < -0.3 is 9.84 Å². The Hall–Kier alpha value is -3.85. The molecule has 0 fully saturated rings. The highest BCUT2D eigenvalue weighted by atomic mass is 32.2. The van der Waals surface area contributed by atoms with Gasteiger partial charge in [0.1, 0.15) is 5.75 Å². The number of benzene rings is 3. The summed E-state index contributed by atoms with van der Waals surface area (Å²) in [6.07, 6.45) is -0.312. The summed E-state index contributed by atoms with van der Waals surface area (Å²) in [5.74, 6) is -0.577. The Morgan fingerprint density at radius 3 is 2.19 bits per heavy atom. The van der Waals surface area contributed by atoms with Crippen molar-refractivity contribution in [1.29, 1.82) is 0 Å². The van der Waals surface area contributed by atoms with Crippen molar-refractivity contribution < 1.29 is 23.1 Å². The number of fused-ring (bicyclic) bond motifs is 1. The smallest absolute Gasteiger partial charge is 0.347 e. The second-order valence-corrected chi connectivity index (χ2v) is 8.54. The third-order valence-corrected chi connectivity index (χ3v) is 6.58. The quantitative estimate of drug-likeness (QED) is 0.496. The molecule has 0 saturated carbocycles. The summed E-state index contributed by atoms with van der Waals surface area (Å²) in [6, 6.07) is 18.7. The van der Waals surface area contributed by atoms with Crippen LogP contribution in [-0.2, 0) is 21.2 Å². The van der Waals surface area contributed by atoms with Crippen LogP contribution in [-0.4, -0.2) is 35.1 Å². The van der Waals surface area contributed by atoms with Gasteiger partial charge in [-0.15, -0.1) is 0 Å². The maximum Gasteiger partial charge on any atom is 0.347 e. The number of methoxy groups -OCH3 is 1. The average Bonchev–Trinajstić information content (AvgIpc) is 3.06. The van der Waals surface area contributed by atoms with E-state index in [-0.39, 0.29) is 16.8 Å². The molecule has 0 atom stereocenters. The number of aromatic nitrogens is 2. The van der Waals surface area contributed by atoms with Crippen LogP contribution in [0.5, 0.6) is 5.75 Å². The average molecular weight is 438 g/mol. The number of hydrogen-bond acceptors (Lipinski definition) is 5. The van der Waals surface area contributed by atoms with Crippen molar-refractivity contribution >= 4 is 27.0 Å². The number of para-hydroxylation sites is 3. The van der Waals surface area contributed by atoms with Crippen LogP contribution in [0.25, 0.3) is 16.7 Å². The first-order chi connectivity index (χ1) is 14.8. The molecule has 0 aliphatic carbocycles. The van der Waals surface area contributed by atoms with Crippen LogP contribution in [0, 0.1) is 0 Å². The largest absolute Gasteiger partial charge is 0.497 e. The summed E-state index contributed by atoms with van der Waals surface area (Å²) in [4.78, 5) is 24.7. The fourth-order valence-electron chi connectivity index (χ4n) is 3.48. The van der Waals surface area contributed by atoms with E-state index in [1.165, 1.54) is 42.0 Å². The van der Waals surface area contributed by atoms with Crippen molar-refractivity contribution in [3.63, 3.8) is 0 Å². The van der Waals surface area contributed by atoms with Crippen molar-refractivity contribution in [2.45, 2.75) is 11.3 Å². The van der Waals surface area contributed by atoms with E-state index >= 15 is 0 Å². The summed E-state index contributed by atoms with van der Waals surface area (Å²) >= 11 is 0. The van der Waals surface area contributed by atoms with Crippen LogP contribution in [0.2, 0.25) is 0 Å². The molecular formula is C22H18N2O6S. The minimum absolute atomic E-state index is 0.0721. The van der Waals surface area contributed by atoms with Crippen molar-refractivity contribution in [1.82, 2.24) is 8.54 Å². The zero-order valence-electron chi connectivity index (χ0n) is 16.4. The topological polar surface area (TPSA) is 108 Å². The number of imidazole rings is 1. The predicted molar refractivity (Wildman–Crippen MR) is 114 cm³/mol. The number of carboxylic acid groups (broad SMARTS) is 1. The van der Waals surface area contributed by atoms with E-state index < -0.39 is 21.7 Å². The summed E-state index contributed by atoms with van der Waals surface area (Å²) < 4.78 is 33.8. The number of ether oxygens (including phenoxy) is 1. The molecule has 158 valence electrons. The number of carbonyl (C=O) groups is 1. The van der Waals surface area contributed by atoms with E-state index in [1.54, 1.807) is 42.5 Å². The van der Waals surface area contributed by atoms with E-state index in [2.05, 4.69) is 0 Å². The highest BCUT2D eigenvalue weighted by Gasteiger charge is 2.26. The zero-order chi connectivity index (χ0) is 22.2. The number of nitrogens with zero attached hydrogens (tertiary/aromatic N) is 2. The Bertz CT molecular complexity index is 1450. The Morgan fingerprint density at radius 1 is 0.935 bits per heavy atom. The van der Waals surface area contributed by atoms with Crippen molar-refractivity contribution in [2.75, 3.05) is 7.11 Å². The Balaban J connectivity index is 2.02. The molecule has 4 aromatic rings. The zero-order valence-corrected chi connectivity index (χ0v) is 17.2. The van der Waals surface area contributed by atoms with Gasteiger partial charge in [0.2, 0.25) is 0 Å². The number of carboxylic acids is 1. The van der Waals surface area contributed by atoms with Gasteiger partial charge in [0, 0.05) is 0 Å². The van der Waals surface area contributed by atoms with E-state index in [9.17, 15) is 23.1 Å². The van der Waals surface area contributed by atoms with E-state index in [4.69, 9.17) is 4.74 Å². The molecule has 3 aromatic carbocycles. The molecule has 0 aliphatic rings. The summed E-state index contributed by atoms with van der Waals surface area (Å²) in [5, 5.41) is 9.25. The molecule has 4 rings (SSSR count). The lowest BCUT2D eigenvalue weighted by Gasteiger charge is -2.09. The molecule has 0 unspecified atom stereocenters. The fraction of sp³-hybridized carbons (Fsp3) is 0.0909. The molecule has 31 heavy (non-hydrogen) atoms. The molecule has 0 bridgehead atoms. The number of hydrogen-bond donors (Lipinski definition) is 1. The van der Waals surface area contributed by atoms with Gasteiger partial charge in [0.15, 0.2) is 0 Å². The monoisotopic (exact) mass is 438 g/mol. The Labute approximate surface area is 177 Å². The molecule has 0 amide bonds. The standard InChI is InChI=1S/C22H18N2O6S/c1-30-16-10-12-17(13-11-16)31(28,29)24-20-9-5-4-8-19(20)23(22(24)27)18-7-3-2-6-15(18)14-21(25)26/h2-13H,14H2,1H3,(H,25,26). The molecule has 0 spiro atoms. The number of rotatable bonds is 6. The highest BCUT2D eigenvalue weighted by Crippen LogP contribution is 2.25. The third-order valence-electron chi connectivity index (χ3n) is 4.88. The molecule has 0 saturated heterocycles. The van der Waals surface area contributed by atoms with Gasteiger partial charge in [0.25, 0.3) is 10.0 Å². The van der Waals surface area contributed by atoms with Crippen LogP contribution in [0.15, 0.2) is 82.5 Å². The van der Waals surface area contributed by atoms with E-state index in [0.29, 0.717) is 22.5 Å².